The van der Waals surface area contributed by atoms with Crippen LogP contribution in [0.2, 0.25) is 0 Å². The SMILES string of the molecule is Cc1nc(NCc2ccc(C(F)(F)F)cc2)cc(=O)[nH]1. The molecule has 0 saturated heterocycles. The number of hydrogen-bond acceptors (Lipinski definition) is 3. The van der Waals surface area contributed by atoms with Crippen molar-refractivity contribution in [1.82, 2.24) is 9.97 Å². The molecular formula is C13H12F3N3O. The largest absolute Gasteiger partial charge is 0.416 e. The maximum absolute atomic E-state index is 12.4. The van der Waals surface area contributed by atoms with Crippen LogP contribution in [0.3, 0.4) is 0 Å². The van der Waals surface area contributed by atoms with E-state index in [1.165, 1.54) is 18.2 Å². The summed E-state index contributed by atoms with van der Waals surface area (Å²) >= 11 is 0. The smallest absolute Gasteiger partial charge is 0.366 e. The summed E-state index contributed by atoms with van der Waals surface area (Å²) in [7, 11) is 0. The zero-order valence-corrected chi connectivity index (χ0v) is 10.6. The number of alkyl halides is 3. The first-order valence-corrected chi connectivity index (χ1v) is 5.82. The Labute approximate surface area is 112 Å². The molecule has 20 heavy (non-hydrogen) atoms. The van der Waals surface area contributed by atoms with Crippen LogP contribution in [0.5, 0.6) is 0 Å². The van der Waals surface area contributed by atoms with Gasteiger partial charge in [0.15, 0.2) is 0 Å². The van der Waals surface area contributed by atoms with Gasteiger partial charge in [-0.1, -0.05) is 12.1 Å². The molecule has 0 fully saturated rings. The lowest BCUT2D eigenvalue weighted by Crippen LogP contribution is -2.12. The monoisotopic (exact) mass is 283 g/mol. The normalized spacial score (nSPS) is 11.4. The molecule has 0 spiro atoms. The topological polar surface area (TPSA) is 57.8 Å². The number of H-pyrrole nitrogens is 1. The third-order valence-electron chi connectivity index (χ3n) is 2.61. The highest BCUT2D eigenvalue weighted by molar-refractivity contribution is 5.35. The van der Waals surface area contributed by atoms with Crippen LogP contribution in [0.4, 0.5) is 19.0 Å². The second-order valence-corrected chi connectivity index (χ2v) is 4.26. The Morgan fingerprint density at radius 1 is 1.25 bits per heavy atom. The van der Waals surface area contributed by atoms with Crippen molar-refractivity contribution in [2.24, 2.45) is 0 Å². The number of halogens is 3. The van der Waals surface area contributed by atoms with E-state index in [0.29, 0.717) is 17.2 Å². The third kappa shape index (κ3) is 3.59. The van der Waals surface area contributed by atoms with E-state index in [9.17, 15) is 18.0 Å². The van der Waals surface area contributed by atoms with Crippen molar-refractivity contribution in [3.05, 3.63) is 57.6 Å². The van der Waals surface area contributed by atoms with Crippen molar-refractivity contribution in [2.45, 2.75) is 19.6 Å². The average molecular weight is 283 g/mol. The molecule has 2 N–H and O–H groups in total. The number of aryl methyl sites for hydroxylation is 1. The van der Waals surface area contributed by atoms with Crippen molar-refractivity contribution >= 4 is 5.82 Å². The predicted octanol–water partition coefficient (Wildman–Crippen LogP) is 2.71. The minimum absolute atomic E-state index is 0.285. The summed E-state index contributed by atoms with van der Waals surface area (Å²) in [5.74, 6) is 0.846. The van der Waals surface area contributed by atoms with Crippen molar-refractivity contribution < 1.29 is 13.2 Å². The van der Waals surface area contributed by atoms with Gasteiger partial charge in [0.05, 0.1) is 5.56 Å². The van der Waals surface area contributed by atoms with E-state index in [2.05, 4.69) is 15.3 Å². The first-order chi connectivity index (χ1) is 9.34. The second-order valence-electron chi connectivity index (χ2n) is 4.26. The quantitative estimate of drug-likeness (QED) is 0.910. The van der Waals surface area contributed by atoms with E-state index in [4.69, 9.17) is 0 Å². The molecule has 0 aliphatic heterocycles. The van der Waals surface area contributed by atoms with E-state index in [0.717, 1.165) is 12.1 Å². The van der Waals surface area contributed by atoms with Crippen LogP contribution in [0.1, 0.15) is 17.0 Å². The molecule has 1 heterocycles. The lowest BCUT2D eigenvalue weighted by atomic mass is 10.1. The maximum Gasteiger partial charge on any atom is 0.416 e. The van der Waals surface area contributed by atoms with E-state index >= 15 is 0 Å². The molecule has 4 nitrogen and oxygen atoms in total. The molecule has 0 atom stereocenters. The van der Waals surface area contributed by atoms with Gasteiger partial charge < -0.3 is 10.3 Å². The maximum atomic E-state index is 12.4. The zero-order valence-electron chi connectivity index (χ0n) is 10.6. The summed E-state index contributed by atoms with van der Waals surface area (Å²) in [6.07, 6.45) is -4.34. The minimum atomic E-state index is -4.34. The average Bonchev–Trinajstić information content (AvgIpc) is 2.35. The minimum Gasteiger partial charge on any atom is -0.366 e. The molecule has 2 aromatic rings. The van der Waals surface area contributed by atoms with Gasteiger partial charge in [-0.3, -0.25) is 4.79 Å². The molecule has 1 aromatic heterocycles. The molecule has 0 radical (unpaired) electrons. The number of rotatable bonds is 3. The molecule has 0 unspecified atom stereocenters. The fourth-order valence-electron chi connectivity index (χ4n) is 1.67. The van der Waals surface area contributed by atoms with Crippen molar-refractivity contribution in [3.63, 3.8) is 0 Å². The Hall–Kier alpha value is -2.31. The summed E-state index contributed by atoms with van der Waals surface area (Å²) in [4.78, 5) is 17.8. The van der Waals surface area contributed by atoms with Gasteiger partial charge in [-0.15, -0.1) is 0 Å². The Morgan fingerprint density at radius 2 is 1.90 bits per heavy atom. The molecule has 0 aliphatic carbocycles. The summed E-state index contributed by atoms with van der Waals surface area (Å²) in [5.41, 5.74) is -0.309. The number of nitrogens with one attached hydrogen (secondary N) is 2. The van der Waals surface area contributed by atoms with E-state index in [1.54, 1.807) is 6.92 Å². The van der Waals surface area contributed by atoms with Gasteiger partial charge in [-0.2, -0.15) is 13.2 Å². The van der Waals surface area contributed by atoms with Gasteiger partial charge in [0.1, 0.15) is 11.6 Å². The van der Waals surface area contributed by atoms with E-state index in [1.807, 2.05) is 0 Å². The van der Waals surface area contributed by atoms with Crippen LogP contribution >= 0.6 is 0 Å². The first-order valence-electron chi connectivity index (χ1n) is 5.82. The van der Waals surface area contributed by atoms with Crippen LogP contribution in [-0.4, -0.2) is 9.97 Å². The molecule has 2 rings (SSSR count). The lowest BCUT2D eigenvalue weighted by molar-refractivity contribution is -0.137. The number of aromatic nitrogens is 2. The molecular weight excluding hydrogens is 271 g/mol. The van der Waals surface area contributed by atoms with Crippen molar-refractivity contribution in [1.29, 1.82) is 0 Å². The molecule has 106 valence electrons. The summed E-state index contributed by atoms with van der Waals surface area (Å²) < 4.78 is 37.2. The van der Waals surface area contributed by atoms with E-state index < -0.39 is 11.7 Å². The fourth-order valence-corrected chi connectivity index (χ4v) is 1.67. The standard InChI is InChI=1S/C13H12F3N3O/c1-8-18-11(6-12(20)19-8)17-7-9-2-4-10(5-3-9)13(14,15)16/h2-6H,7H2,1H3,(H2,17,18,19,20). The van der Waals surface area contributed by atoms with Crippen LogP contribution in [0.25, 0.3) is 0 Å². The van der Waals surface area contributed by atoms with Gasteiger partial charge in [0.2, 0.25) is 0 Å². The second kappa shape index (κ2) is 5.36. The predicted molar refractivity (Wildman–Crippen MR) is 68.4 cm³/mol. The fraction of sp³-hybridized carbons (Fsp3) is 0.231. The zero-order chi connectivity index (χ0) is 14.8. The molecule has 0 saturated carbocycles. The molecule has 1 aromatic carbocycles. The third-order valence-corrected chi connectivity index (χ3v) is 2.61. The number of anilines is 1. The van der Waals surface area contributed by atoms with Crippen molar-refractivity contribution in [2.75, 3.05) is 5.32 Å². The number of hydrogen-bond donors (Lipinski definition) is 2. The van der Waals surface area contributed by atoms with E-state index in [-0.39, 0.29) is 12.1 Å². The van der Waals surface area contributed by atoms with Gasteiger partial charge in [-0.25, -0.2) is 4.98 Å². The van der Waals surface area contributed by atoms with Crippen LogP contribution in [0, 0.1) is 6.92 Å². The Kier molecular flexibility index (Phi) is 3.78. The van der Waals surface area contributed by atoms with Crippen LogP contribution in [-0.2, 0) is 12.7 Å². The Balaban J connectivity index is 2.06. The number of benzene rings is 1. The Bertz CT molecular complexity index is 647. The summed E-state index contributed by atoms with van der Waals surface area (Å²) in [6.45, 7) is 1.93. The molecule has 7 heteroatoms. The van der Waals surface area contributed by atoms with Gasteiger partial charge in [-0.05, 0) is 24.6 Å². The highest BCUT2D eigenvalue weighted by Crippen LogP contribution is 2.29. The van der Waals surface area contributed by atoms with Gasteiger partial charge >= 0.3 is 6.18 Å². The molecule has 0 bridgehead atoms. The lowest BCUT2D eigenvalue weighted by Gasteiger charge is -2.09. The first kappa shape index (κ1) is 14.1. The van der Waals surface area contributed by atoms with Gasteiger partial charge in [0.25, 0.3) is 5.56 Å². The van der Waals surface area contributed by atoms with Crippen LogP contribution in [0.15, 0.2) is 35.1 Å². The highest BCUT2D eigenvalue weighted by Gasteiger charge is 2.29. The number of nitrogens with zero attached hydrogens (tertiary/aromatic N) is 1. The highest BCUT2D eigenvalue weighted by atomic mass is 19.4. The summed E-state index contributed by atoms with van der Waals surface area (Å²) in [6, 6.07) is 6.10. The van der Waals surface area contributed by atoms with Crippen LogP contribution < -0.4 is 10.9 Å². The molecule has 0 amide bonds. The summed E-state index contributed by atoms with van der Waals surface area (Å²) in [5, 5.41) is 2.89. The Morgan fingerprint density at radius 3 is 2.45 bits per heavy atom. The molecule has 0 aliphatic rings. The van der Waals surface area contributed by atoms with Gasteiger partial charge in [0, 0.05) is 12.6 Å². The van der Waals surface area contributed by atoms with Crippen molar-refractivity contribution in [3.8, 4) is 0 Å². The number of aromatic amines is 1.